The molecule has 4 aromatic rings. The summed E-state index contributed by atoms with van der Waals surface area (Å²) in [6.07, 6.45) is 33.4. The lowest BCUT2D eigenvalue weighted by molar-refractivity contribution is -0.168. The smallest absolute Gasteiger partial charge is 0.322 e. The summed E-state index contributed by atoms with van der Waals surface area (Å²) in [6, 6.07) is 18.7. The molecule has 12 nitrogen and oxygen atoms in total. The molecule has 5 rings (SSSR count). The number of phenolic OH excluding ortho intramolecular Hbond substituents is 1. The molecule has 0 aliphatic carbocycles. The summed E-state index contributed by atoms with van der Waals surface area (Å²) in [5.41, 5.74) is 1.66. The molecular weight excluding hydrogens is 1010 g/mol. The predicted molar refractivity (Wildman–Crippen MR) is 317 cm³/mol. The molecule has 2 heterocycles. The van der Waals surface area contributed by atoms with Gasteiger partial charge in [0.2, 0.25) is 0 Å². The maximum absolute atomic E-state index is 14.3. The fraction of sp³-hybridized carbons (Fsp3) is 0.621. The molecule has 0 saturated carbocycles. The van der Waals surface area contributed by atoms with Crippen molar-refractivity contribution in [2.24, 2.45) is 0 Å². The van der Waals surface area contributed by atoms with Gasteiger partial charge in [0, 0.05) is 45.5 Å². The van der Waals surface area contributed by atoms with Gasteiger partial charge < -0.3 is 28.8 Å². The predicted octanol–water partition coefficient (Wildman–Crippen LogP) is 16.6. The highest BCUT2D eigenvalue weighted by Gasteiger charge is 2.25. The Hall–Kier alpha value is -5.27. The number of thiophene rings is 1. The highest BCUT2D eigenvalue weighted by atomic mass is 32.1. The largest absolute Gasteiger partial charge is 0.508 e. The quantitative estimate of drug-likeness (QED) is 0.0112. The number of hydrogen-bond donors (Lipinski definition) is 1. The summed E-state index contributed by atoms with van der Waals surface area (Å²) in [7, 11) is 0. The first-order chi connectivity index (χ1) is 38.6. The molecule has 3 aromatic carbocycles. The van der Waals surface area contributed by atoms with Crippen LogP contribution in [0.3, 0.4) is 0 Å². The summed E-state index contributed by atoms with van der Waals surface area (Å²) in [5, 5.41) is 11.0. The van der Waals surface area contributed by atoms with Crippen LogP contribution >= 0.6 is 11.3 Å². The average Bonchev–Trinajstić information content (AvgIpc) is 3.94. The Labute approximate surface area is 477 Å². The minimum atomic E-state index is -1.11. The second kappa shape index (κ2) is 39.2. The highest BCUT2D eigenvalue weighted by Crippen LogP contribution is 2.42. The molecule has 1 aliphatic heterocycles. The molecule has 436 valence electrons. The number of hydrogen-bond acceptors (Lipinski definition) is 13. The number of ketones is 1. The number of unbranched alkanes of at least 4 members (excludes halogenated alkanes) is 24. The van der Waals surface area contributed by atoms with Gasteiger partial charge in [0.25, 0.3) is 0 Å². The number of likely N-dealkylation sites (tertiary alicyclic amines) is 1. The van der Waals surface area contributed by atoms with E-state index >= 15 is 0 Å². The third-order valence-electron chi connectivity index (χ3n) is 14.9. The molecule has 0 spiro atoms. The van der Waals surface area contributed by atoms with E-state index in [0.29, 0.717) is 52.2 Å². The normalized spacial score (nSPS) is 12.7. The Balaban J connectivity index is 1.09. The van der Waals surface area contributed by atoms with E-state index in [4.69, 9.17) is 23.7 Å². The van der Waals surface area contributed by atoms with Crippen LogP contribution < -0.4 is 9.47 Å². The minimum Gasteiger partial charge on any atom is -0.508 e. The van der Waals surface area contributed by atoms with Crippen LogP contribution in [0, 0.1) is 0 Å². The zero-order chi connectivity index (χ0) is 56.1. The summed E-state index contributed by atoms with van der Waals surface area (Å²) in [4.78, 5) is 69.3. The molecule has 1 saturated heterocycles. The van der Waals surface area contributed by atoms with Gasteiger partial charge in [-0.3, -0.25) is 28.9 Å². The van der Waals surface area contributed by atoms with Gasteiger partial charge in [0.15, 0.2) is 11.9 Å². The average molecular weight is 1110 g/mol. The molecule has 0 bridgehead atoms. The van der Waals surface area contributed by atoms with Crippen molar-refractivity contribution in [3.8, 4) is 27.7 Å². The summed E-state index contributed by atoms with van der Waals surface area (Å²) in [6.45, 7) is 7.49. The van der Waals surface area contributed by atoms with Crippen LogP contribution in [-0.4, -0.2) is 85.2 Å². The third kappa shape index (κ3) is 26.3. The van der Waals surface area contributed by atoms with Gasteiger partial charge in [0.1, 0.15) is 43.5 Å². The minimum absolute atomic E-state index is 0.0833. The lowest BCUT2D eigenvalue weighted by Crippen LogP contribution is -2.33. The Morgan fingerprint density at radius 1 is 0.544 bits per heavy atom. The first-order valence-corrected chi connectivity index (χ1v) is 31.5. The van der Waals surface area contributed by atoms with Gasteiger partial charge in [-0.1, -0.05) is 174 Å². The van der Waals surface area contributed by atoms with Crippen LogP contribution in [0.5, 0.6) is 17.2 Å². The molecule has 0 amide bonds. The van der Waals surface area contributed by atoms with Crippen molar-refractivity contribution in [3.63, 3.8) is 0 Å². The van der Waals surface area contributed by atoms with E-state index in [1.165, 1.54) is 146 Å². The molecule has 79 heavy (non-hydrogen) atoms. The maximum Gasteiger partial charge on any atom is 0.322 e. The van der Waals surface area contributed by atoms with Gasteiger partial charge in [-0.2, -0.15) is 0 Å². The van der Waals surface area contributed by atoms with Gasteiger partial charge in [-0.15, -0.1) is 11.3 Å². The van der Waals surface area contributed by atoms with Gasteiger partial charge in [0.05, 0.1) is 0 Å². The van der Waals surface area contributed by atoms with Crippen molar-refractivity contribution >= 4 is 51.1 Å². The monoisotopic (exact) mass is 1110 g/mol. The number of fused-ring (bicyclic) bond motifs is 1. The number of rotatable bonds is 43. The van der Waals surface area contributed by atoms with E-state index in [1.807, 2.05) is 12.1 Å². The third-order valence-corrected chi connectivity index (χ3v) is 16.1. The Kier molecular flexibility index (Phi) is 32.0. The van der Waals surface area contributed by atoms with Crippen LogP contribution in [-0.2, 0) is 33.4 Å². The number of piperidine rings is 1. The number of aromatic hydroxyl groups is 1. The molecule has 0 atom stereocenters. The molecule has 13 heteroatoms. The van der Waals surface area contributed by atoms with Crippen LogP contribution in [0.4, 0.5) is 0 Å². The molecule has 1 aliphatic rings. The molecule has 1 aromatic heterocycles. The second-order valence-corrected chi connectivity index (χ2v) is 22.8. The molecule has 0 radical (unpaired) electrons. The first-order valence-electron chi connectivity index (χ1n) is 30.7. The molecular formula is C66H95NO11S. The van der Waals surface area contributed by atoms with Crippen molar-refractivity contribution in [1.29, 1.82) is 0 Å². The van der Waals surface area contributed by atoms with Crippen molar-refractivity contribution < 1.29 is 52.8 Å². The number of phenols is 1. The molecule has 1 fully saturated rings. The Bertz CT molecular complexity index is 2310. The number of benzene rings is 3. The highest BCUT2D eigenvalue weighted by molar-refractivity contribution is 7.22. The van der Waals surface area contributed by atoms with E-state index < -0.39 is 36.4 Å². The maximum atomic E-state index is 14.3. The lowest BCUT2D eigenvalue weighted by atomic mass is 9.97. The van der Waals surface area contributed by atoms with Crippen LogP contribution in [0.15, 0.2) is 66.7 Å². The SMILES string of the molecule is CCCCCCCCCCCCCCCC(=O)OCC(COC(=O)CCCCCCCCCCCCCCC)OC(=O)CC(=O)Oc1ccc(-c2sc3cc(O)ccc3c2C(=O)c2ccc(OCCN3CCCCC3)cc2)cc1. The van der Waals surface area contributed by atoms with E-state index in [9.17, 15) is 29.1 Å². The van der Waals surface area contributed by atoms with E-state index in [-0.39, 0.29) is 43.3 Å². The fourth-order valence-corrected chi connectivity index (χ4v) is 11.5. The van der Waals surface area contributed by atoms with E-state index in [2.05, 4.69) is 18.7 Å². The number of carbonyl (C=O) groups excluding carboxylic acids is 5. The zero-order valence-electron chi connectivity index (χ0n) is 48.2. The standard InChI is InChI=1S/C66H95NO11S/c1-3-5-7-9-11-13-15-17-19-21-23-25-28-32-60(69)75-50-57(51-76-61(70)33-29-26-24-22-20-18-16-14-12-10-8-6-4-2)78-63(72)49-62(71)77-56-41-36-53(37-42-56)66-64(58-43-38-54(68)48-59(58)79-66)65(73)52-34-39-55(40-35-52)74-47-46-67-44-30-27-31-45-67/h34-43,48,57,68H,3-33,44-47,49-51H2,1-2H3. The first kappa shape index (κ1) is 64.5. The fourth-order valence-electron chi connectivity index (χ4n) is 10.2. The Morgan fingerprint density at radius 3 is 1.53 bits per heavy atom. The number of nitrogens with zero attached hydrogens (tertiary/aromatic N) is 1. The Morgan fingerprint density at radius 2 is 1.03 bits per heavy atom. The van der Waals surface area contributed by atoms with Crippen LogP contribution in [0.1, 0.15) is 235 Å². The number of carbonyl (C=O) groups is 5. The zero-order valence-corrected chi connectivity index (χ0v) is 49.0. The van der Waals surface area contributed by atoms with Crippen LogP contribution in [0.2, 0.25) is 0 Å². The topological polar surface area (TPSA) is 155 Å². The van der Waals surface area contributed by atoms with Crippen molar-refractivity contribution in [3.05, 3.63) is 77.9 Å². The van der Waals surface area contributed by atoms with Crippen molar-refractivity contribution in [1.82, 2.24) is 4.90 Å². The number of ether oxygens (including phenoxy) is 5. The second-order valence-electron chi connectivity index (χ2n) is 21.7. The van der Waals surface area contributed by atoms with Crippen molar-refractivity contribution in [2.75, 3.05) is 39.5 Å². The molecule has 0 unspecified atom stereocenters. The van der Waals surface area contributed by atoms with Crippen LogP contribution in [0.25, 0.3) is 20.5 Å². The van der Waals surface area contributed by atoms with Gasteiger partial charge >= 0.3 is 23.9 Å². The van der Waals surface area contributed by atoms with Gasteiger partial charge in [-0.05, 0) is 111 Å². The number of esters is 4. The summed E-state index contributed by atoms with van der Waals surface area (Å²) in [5.74, 6) is -1.87. The van der Waals surface area contributed by atoms with E-state index in [0.717, 1.165) is 62.9 Å². The summed E-state index contributed by atoms with van der Waals surface area (Å²) >= 11 is 1.37. The molecule has 1 N–H and O–H groups in total. The summed E-state index contributed by atoms with van der Waals surface area (Å²) < 4.78 is 28.9. The van der Waals surface area contributed by atoms with Gasteiger partial charge in [-0.25, -0.2) is 0 Å². The van der Waals surface area contributed by atoms with Crippen molar-refractivity contribution in [2.45, 2.75) is 225 Å². The van der Waals surface area contributed by atoms with E-state index in [1.54, 1.807) is 54.6 Å². The lowest BCUT2D eigenvalue weighted by Gasteiger charge is -2.26.